The van der Waals surface area contributed by atoms with Crippen molar-refractivity contribution in [2.45, 2.75) is 26.8 Å². The van der Waals surface area contributed by atoms with Gasteiger partial charge in [-0.2, -0.15) is 0 Å². The summed E-state index contributed by atoms with van der Waals surface area (Å²) in [6.07, 6.45) is 0.936. The summed E-state index contributed by atoms with van der Waals surface area (Å²) in [5.41, 5.74) is 2.96. The monoisotopic (exact) mass is 262 g/mol. The summed E-state index contributed by atoms with van der Waals surface area (Å²) in [4.78, 5) is 4.42. The highest BCUT2D eigenvalue weighted by molar-refractivity contribution is 7.09. The third-order valence-corrected chi connectivity index (χ3v) is 3.85. The number of nitrogens with zero attached hydrogens (tertiary/aromatic N) is 1. The number of aromatic hydroxyl groups is 1. The predicted molar refractivity (Wildman–Crippen MR) is 75.1 cm³/mol. The van der Waals surface area contributed by atoms with Gasteiger partial charge in [0.1, 0.15) is 5.75 Å². The lowest BCUT2D eigenvalue weighted by atomic mass is 10.1. The van der Waals surface area contributed by atoms with E-state index in [0.717, 1.165) is 34.8 Å². The molecule has 4 heteroatoms. The van der Waals surface area contributed by atoms with Crippen molar-refractivity contribution in [3.63, 3.8) is 0 Å². The third-order valence-electron chi connectivity index (χ3n) is 2.82. The van der Waals surface area contributed by atoms with Crippen molar-refractivity contribution in [1.82, 2.24) is 10.3 Å². The Morgan fingerprint density at radius 3 is 2.89 bits per heavy atom. The molecule has 0 amide bonds. The maximum atomic E-state index is 9.87. The maximum Gasteiger partial charge on any atom is 0.122 e. The van der Waals surface area contributed by atoms with E-state index in [1.54, 1.807) is 11.3 Å². The van der Waals surface area contributed by atoms with Crippen LogP contribution in [-0.2, 0) is 13.0 Å². The van der Waals surface area contributed by atoms with Gasteiger partial charge in [-0.15, -0.1) is 11.3 Å². The lowest BCUT2D eigenvalue weighted by Crippen LogP contribution is -2.16. The molecular formula is C14H18N2OS. The smallest absolute Gasteiger partial charge is 0.122 e. The van der Waals surface area contributed by atoms with E-state index >= 15 is 0 Å². The van der Waals surface area contributed by atoms with E-state index in [0.29, 0.717) is 12.3 Å². The van der Waals surface area contributed by atoms with Gasteiger partial charge in [0.15, 0.2) is 0 Å². The van der Waals surface area contributed by atoms with Gasteiger partial charge in [0.2, 0.25) is 0 Å². The Hall–Kier alpha value is -1.39. The predicted octanol–water partition coefficient (Wildman–Crippen LogP) is 2.80. The molecule has 0 saturated carbocycles. The average Bonchev–Trinajstić information content (AvgIpc) is 2.76. The van der Waals surface area contributed by atoms with Crippen molar-refractivity contribution in [3.8, 4) is 5.75 Å². The van der Waals surface area contributed by atoms with Crippen LogP contribution in [-0.4, -0.2) is 16.6 Å². The van der Waals surface area contributed by atoms with E-state index in [1.165, 1.54) is 0 Å². The van der Waals surface area contributed by atoms with Crippen LogP contribution in [0.1, 0.15) is 21.8 Å². The molecule has 0 saturated heterocycles. The minimum absolute atomic E-state index is 0.398. The molecule has 2 aromatic rings. The molecule has 0 atom stereocenters. The number of para-hydroxylation sites is 1. The zero-order chi connectivity index (χ0) is 13.0. The standard InChI is InChI=1S/C14H18N2OS/c1-10-4-3-5-12(14(10)17)8-15-7-6-13-16-11(2)9-18-13/h3-5,9,15,17H,6-8H2,1-2H3. The fourth-order valence-electron chi connectivity index (χ4n) is 1.80. The van der Waals surface area contributed by atoms with Crippen LogP contribution in [0.25, 0.3) is 0 Å². The molecule has 1 aromatic carbocycles. The highest BCUT2D eigenvalue weighted by atomic mass is 32.1. The molecule has 0 fully saturated rings. The quantitative estimate of drug-likeness (QED) is 0.814. The van der Waals surface area contributed by atoms with Gasteiger partial charge >= 0.3 is 0 Å². The first kappa shape index (κ1) is 13.1. The Labute approximate surface area is 112 Å². The molecule has 2 N–H and O–H groups in total. The second-order valence-corrected chi connectivity index (χ2v) is 5.33. The van der Waals surface area contributed by atoms with E-state index in [2.05, 4.69) is 15.7 Å². The van der Waals surface area contributed by atoms with E-state index in [4.69, 9.17) is 0 Å². The largest absolute Gasteiger partial charge is 0.507 e. The Kier molecular flexibility index (Phi) is 4.33. The van der Waals surface area contributed by atoms with Gasteiger partial charge in [-0.1, -0.05) is 18.2 Å². The Morgan fingerprint density at radius 1 is 1.33 bits per heavy atom. The number of aryl methyl sites for hydroxylation is 2. The molecule has 0 spiro atoms. The summed E-state index contributed by atoms with van der Waals surface area (Å²) < 4.78 is 0. The number of hydrogen-bond donors (Lipinski definition) is 2. The first-order chi connectivity index (χ1) is 8.66. The molecule has 96 valence electrons. The molecule has 0 radical (unpaired) electrons. The number of phenolic OH excluding ortho intramolecular Hbond substituents is 1. The van der Waals surface area contributed by atoms with Crippen LogP contribution in [0.3, 0.4) is 0 Å². The third kappa shape index (κ3) is 3.31. The normalized spacial score (nSPS) is 10.8. The molecule has 0 aliphatic carbocycles. The van der Waals surface area contributed by atoms with Crippen molar-refractivity contribution < 1.29 is 5.11 Å². The maximum absolute atomic E-state index is 9.87. The second kappa shape index (κ2) is 5.98. The molecule has 0 aliphatic heterocycles. The summed E-state index contributed by atoms with van der Waals surface area (Å²) in [7, 11) is 0. The molecule has 0 unspecified atom stereocenters. The molecular weight excluding hydrogens is 244 g/mol. The first-order valence-electron chi connectivity index (χ1n) is 6.06. The number of rotatable bonds is 5. The number of phenols is 1. The number of aromatic nitrogens is 1. The van der Waals surface area contributed by atoms with Crippen molar-refractivity contribution in [3.05, 3.63) is 45.4 Å². The Balaban J connectivity index is 1.80. The fraction of sp³-hybridized carbons (Fsp3) is 0.357. The molecule has 1 aromatic heterocycles. The van der Waals surface area contributed by atoms with Gasteiger partial charge < -0.3 is 10.4 Å². The highest BCUT2D eigenvalue weighted by Crippen LogP contribution is 2.20. The van der Waals surface area contributed by atoms with Gasteiger partial charge in [-0.25, -0.2) is 4.98 Å². The van der Waals surface area contributed by atoms with Crippen LogP contribution in [0.15, 0.2) is 23.6 Å². The summed E-state index contributed by atoms with van der Waals surface area (Å²) in [5, 5.41) is 16.4. The van der Waals surface area contributed by atoms with Crippen LogP contribution in [0.4, 0.5) is 0 Å². The van der Waals surface area contributed by atoms with E-state index in [-0.39, 0.29) is 0 Å². The van der Waals surface area contributed by atoms with Gasteiger partial charge in [0, 0.05) is 36.1 Å². The summed E-state index contributed by atoms with van der Waals surface area (Å²) in [5.74, 6) is 0.398. The fourth-order valence-corrected chi connectivity index (χ4v) is 2.57. The summed E-state index contributed by atoms with van der Waals surface area (Å²) in [6, 6.07) is 5.83. The van der Waals surface area contributed by atoms with Crippen molar-refractivity contribution in [1.29, 1.82) is 0 Å². The molecule has 0 bridgehead atoms. The van der Waals surface area contributed by atoms with Gasteiger partial charge in [0.05, 0.1) is 5.01 Å². The van der Waals surface area contributed by atoms with Crippen molar-refractivity contribution in [2.75, 3.05) is 6.54 Å². The second-order valence-electron chi connectivity index (χ2n) is 4.39. The summed E-state index contributed by atoms with van der Waals surface area (Å²) >= 11 is 1.70. The highest BCUT2D eigenvalue weighted by Gasteiger charge is 2.03. The number of thiazole rings is 1. The number of nitrogens with one attached hydrogen (secondary N) is 1. The topological polar surface area (TPSA) is 45.1 Å². The minimum atomic E-state index is 0.398. The van der Waals surface area contributed by atoms with Crippen LogP contribution in [0.2, 0.25) is 0 Å². The molecule has 2 rings (SSSR count). The zero-order valence-corrected chi connectivity index (χ0v) is 11.5. The minimum Gasteiger partial charge on any atom is -0.507 e. The van der Waals surface area contributed by atoms with Crippen LogP contribution in [0, 0.1) is 13.8 Å². The average molecular weight is 262 g/mol. The van der Waals surface area contributed by atoms with Gasteiger partial charge in [0.25, 0.3) is 0 Å². The van der Waals surface area contributed by atoms with Gasteiger partial charge in [-0.05, 0) is 19.4 Å². The van der Waals surface area contributed by atoms with Crippen molar-refractivity contribution >= 4 is 11.3 Å². The lowest BCUT2D eigenvalue weighted by molar-refractivity contribution is 0.460. The SMILES string of the molecule is Cc1csc(CCNCc2cccc(C)c2O)n1. The number of benzene rings is 1. The van der Waals surface area contributed by atoms with Crippen LogP contribution in [0.5, 0.6) is 5.75 Å². The zero-order valence-electron chi connectivity index (χ0n) is 10.7. The van der Waals surface area contributed by atoms with E-state index < -0.39 is 0 Å². The van der Waals surface area contributed by atoms with Crippen molar-refractivity contribution in [2.24, 2.45) is 0 Å². The van der Waals surface area contributed by atoms with E-state index in [9.17, 15) is 5.11 Å². The Bertz CT molecular complexity index is 522. The molecule has 1 heterocycles. The van der Waals surface area contributed by atoms with E-state index in [1.807, 2.05) is 32.0 Å². The molecule has 18 heavy (non-hydrogen) atoms. The molecule has 0 aliphatic rings. The Morgan fingerprint density at radius 2 is 2.17 bits per heavy atom. The molecule has 3 nitrogen and oxygen atoms in total. The lowest BCUT2D eigenvalue weighted by Gasteiger charge is -2.07. The van der Waals surface area contributed by atoms with Crippen LogP contribution >= 0.6 is 11.3 Å². The van der Waals surface area contributed by atoms with Crippen LogP contribution < -0.4 is 5.32 Å². The summed E-state index contributed by atoms with van der Waals surface area (Å²) in [6.45, 7) is 5.49. The number of hydrogen-bond acceptors (Lipinski definition) is 4. The first-order valence-corrected chi connectivity index (χ1v) is 6.94. The van der Waals surface area contributed by atoms with Gasteiger partial charge in [-0.3, -0.25) is 0 Å².